The van der Waals surface area contributed by atoms with Gasteiger partial charge < -0.3 is 9.47 Å². The highest BCUT2D eigenvalue weighted by Crippen LogP contribution is 2.35. The molecule has 128 valence electrons. The third-order valence-corrected chi connectivity index (χ3v) is 3.11. The SMILES string of the molecule is CCOC(=O)COc1cccc(NOC)c1/[N+](OC)=C(/C)CC. The molecule has 0 radical (unpaired) electrons. The Hall–Kier alpha value is -2.28. The zero-order chi connectivity index (χ0) is 17.2. The Bertz CT molecular complexity index is 557. The molecule has 0 saturated heterocycles. The zero-order valence-electron chi connectivity index (χ0n) is 14.3. The Labute approximate surface area is 136 Å². The van der Waals surface area contributed by atoms with Crippen LogP contribution in [0.5, 0.6) is 5.75 Å². The minimum Gasteiger partial charge on any atom is -0.475 e. The molecule has 0 saturated carbocycles. The van der Waals surface area contributed by atoms with Gasteiger partial charge in [-0.1, -0.05) is 13.0 Å². The summed E-state index contributed by atoms with van der Waals surface area (Å²) in [5.74, 6) is 0.0541. The van der Waals surface area contributed by atoms with E-state index in [1.54, 1.807) is 30.9 Å². The number of esters is 1. The summed E-state index contributed by atoms with van der Waals surface area (Å²) in [5, 5.41) is 0. The van der Waals surface area contributed by atoms with Crippen molar-refractivity contribution in [2.45, 2.75) is 27.2 Å². The van der Waals surface area contributed by atoms with E-state index in [1.807, 2.05) is 19.9 Å². The molecule has 0 spiro atoms. The number of nitrogens with one attached hydrogen (secondary N) is 1. The molecular formula is C16H25N2O5+. The highest BCUT2D eigenvalue weighted by atomic mass is 16.7. The van der Waals surface area contributed by atoms with Crippen molar-refractivity contribution < 1.29 is 28.7 Å². The molecule has 1 rings (SSSR count). The lowest BCUT2D eigenvalue weighted by molar-refractivity contribution is -0.721. The summed E-state index contributed by atoms with van der Waals surface area (Å²) in [4.78, 5) is 22.0. The van der Waals surface area contributed by atoms with Crippen LogP contribution in [0.1, 0.15) is 27.2 Å². The van der Waals surface area contributed by atoms with Gasteiger partial charge in [0.2, 0.25) is 5.71 Å². The Morgan fingerprint density at radius 2 is 2.00 bits per heavy atom. The maximum absolute atomic E-state index is 11.5. The monoisotopic (exact) mass is 325 g/mol. The van der Waals surface area contributed by atoms with Gasteiger partial charge >= 0.3 is 11.7 Å². The average Bonchev–Trinajstić information content (AvgIpc) is 2.55. The lowest BCUT2D eigenvalue weighted by atomic mass is 10.2. The van der Waals surface area contributed by atoms with Crippen LogP contribution in [-0.2, 0) is 19.2 Å². The van der Waals surface area contributed by atoms with Gasteiger partial charge in [0.1, 0.15) is 12.8 Å². The molecule has 0 aromatic heterocycles. The number of nitrogens with zero attached hydrogens (tertiary/aromatic N) is 1. The van der Waals surface area contributed by atoms with Crippen LogP contribution in [0.4, 0.5) is 11.4 Å². The van der Waals surface area contributed by atoms with E-state index >= 15 is 0 Å². The standard InChI is InChI=1S/C16H25N2O5/c1-6-12(3)18(21-5)16-13(17-20-4)9-8-10-14(16)23-11-15(19)22-7-2/h8-10,17H,6-7,11H2,1-5H3/q+1/b18-12+. The Morgan fingerprint density at radius 3 is 2.57 bits per heavy atom. The number of anilines is 1. The summed E-state index contributed by atoms with van der Waals surface area (Å²) in [6.07, 6.45) is 0.784. The second-order valence-electron chi connectivity index (χ2n) is 4.62. The van der Waals surface area contributed by atoms with Crippen molar-refractivity contribution in [1.29, 1.82) is 0 Å². The molecule has 0 bridgehead atoms. The predicted molar refractivity (Wildman–Crippen MR) is 87.1 cm³/mol. The van der Waals surface area contributed by atoms with Crippen molar-refractivity contribution in [1.82, 2.24) is 0 Å². The Morgan fingerprint density at radius 1 is 1.26 bits per heavy atom. The first-order chi connectivity index (χ1) is 11.1. The van der Waals surface area contributed by atoms with E-state index in [4.69, 9.17) is 19.1 Å². The van der Waals surface area contributed by atoms with Crippen molar-refractivity contribution in [3.05, 3.63) is 18.2 Å². The van der Waals surface area contributed by atoms with Gasteiger partial charge in [-0.05, 0) is 19.1 Å². The van der Waals surface area contributed by atoms with Gasteiger partial charge in [-0.25, -0.2) is 4.79 Å². The first-order valence-corrected chi connectivity index (χ1v) is 7.46. The van der Waals surface area contributed by atoms with E-state index in [-0.39, 0.29) is 6.61 Å². The lowest BCUT2D eigenvalue weighted by Gasteiger charge is -2.12. The van der Waals surface area contributed by atoms with Gasteiger partial charge in [0, 0.05) is 18.1 Å². The van der Waals surface area contributed by atoms with E-state index in [1.165, 1.54) is 7.11 Å². The molecule has 0 aliphatic heterocycles. The lowest BCUT2D eigenvalue weighted by Crippen LogP contribution is -2.18. The van der Waals surface area contributed by atoms with Crippen molar-refractivity contribution in [2.24, 2.45) is 0 Å². The number of rotatable bonds is 9. The molecule has 23 heavy (non-hydrogen) atoms. The molecule has 0 fully saturated rings. The minimum atomic E-state index is -0.427. The van der Waals surface area contributed by atoms with Crippen LogP contribution in [-0.4, -0.2) is 43.9 Å². The normalized spacial score (nSPS) is 11.5. The maximum atomic E-state index is 11.5. The average molecular weight is 325 g/mol. The van der Waals surface area contributed by atoms with Gasteiger partial charge in [-0.2, -0.15) is 0 Å². The van der Waals surface area contributed by atoms with Gasteiger partial charge in [0.05, 0.1) is 13.7 Å². The van der Waals surface area contributed by atoms with Gasteiger partial charge in [0.15, 0.2) is 12.4 Å². The Balaban J connectivity index is 3.24. The number of hydrogen-bond acceptors (Lipinski definition) is 6. The third kappa shape index (κ3) is 5.14. The zero-order valence-corrected chi connectivity index (χ0v) is 14.3. The fourth-order valence-electron chi connectivity index (χ4n) is 1.96. The molecule has 7 nitrogen and oxygen atoms in total. The van der Waals surface area contributed by atoms with Gasteiger partial charge in [0.25, 0.3) is 0 Å². The van der Waals surface area contributed by atoms with Gasteiger partial charge in [-0.15, -0.1) is 0 Å². The number of carbonyl (C=O) groups is 1. The highest BCUT2D eigenvalue weighted by molar-refractivity contribution is 5.80. The molecule has 1 aromatic carbocycles. The molecule has 0 heterocycles. The number of ether oxygens (including phenoxy) is 2. The van der Waals surface area contributed by atoms with Crippen LogP contribution in [0.2, 0.25) is 0 Å². The molecular weight excluding hydrogens is 300 g/mol. The second kappa shape index (κ2) is 9.68. The van der Waals surface area contributed by atoms with Gasteiger partial charge in [-0.3, -0.25) is 15.2 Å². The molecule has 0 unspecified atom stereocenters. The number of para-hydroxylation sites is 1. The fourth-order valence-corrected chi connectivity index (χ4v) is 1.96. The Kier molecular flexibility index (Phi) is 7.90. The highest BCUT2D eigenvalue weighted by Gasteiger charge is 2.26. The predicted octanol–water partition coefficient (Wildman–Crippen LogP) is 2.68. The van der Waals surface area contributed by atoms with Crippen LogP contribution < -0.4 is 10.2 Å². The van der Waals surface area contributed by atoms with Crippen molar-refractivity contribution in [3.63, 3.8) is 0 Å². The molecule has 7 heteroatoms. The third-order valence-electron chi connectivity index (χ3n) is 3.11. The molecule has 0 atom stereocenters. The molecule has 1 N–H and O–H groups in total. The summed E-state index contributed by atoms with van der Waals surface area (Å²) < 4.78 is 12.1. The number of carbonyl (C=O) groups excluding carboxylic acids is 1. The van der Waals surface area contributed by atoms with E-state index in [9.17, 15) is 4.79 Å². The maximum Gasteiger partial charge on any atom is 0.344 e. The summed E-state index contributed by atoms with van der Waals surface area (Å²) in [6, 6.07) is 5.37. The van der Waals surface area contributed by atoms with Crippen LogP contribution in [0.3, 0.4) is 0 Å². The summed E-state index contributed by atoms with van der Waals surface area (Å²) in [5.41, 5.74) is 5.04. The quantitative estimate of drug-likeness (QED) is 0.326. The smallest absolute Gasteiger partial charge is 0.344 e. The molecule has 0 aliphatic carbocycles. The molecule has 0 aliphatic rings. The first-order valence-electron chi connectivity index (χ1n) is 7.46. The summed E-state index contributed by atoms with van der Waals surface area (Å²) in [7, 11) is 3.08. The van der Waals surface area contributed by atoms with Crippen LogP contribution in [0.15, 0.2) is 18.2 Å². The van der Waals surface area contributed by atoms with E-state index in [2.05, 4.69) is 5.48 Å². The van der Waals surface area contributed by atoms with E-state index < -0.39 is 5.97 Å². The molecule has 1 aromatic rings. The number of benzene rings is 1. The molecule has 0 amide bonds. The fraction of sp³-hybridized carbons (Fsp3) is 0.500. The van der Waals surface area contributed by atoms with Crippen LogP contribution >= 0.6 is 0 Å². The van der Waals surface area contributed by atoms with E-state index in [0.29, 0.717) is 23.7 Å². The van der Waals surface area contributed by atoms with Crippen molar-refractivity contribution >= 4 is 23.1 Å². The summed E-state index contributed by atoms with van der Waals surface area (Å²) in [6.45, 7) is 5.85. The topological polar surface area (TPSA) is 69.0 Å². The summed E-state index contributed by atoms with van der Waals surface area (Å²) >= 11 is 0. The number of hydrogen-bond donors (Lipinski definition) is 1. The minimum absolute atomic E-state index is 0.181. The largest absolute Gasteiger partial charge is 0.475 e. The van der Waals surface area contributed by atoms with Crippen LogP contribution in [0.25, 0.3) is 0 Å². The van der Waals surface area contributed by atoms with Crippen molar-refractivity contribution in [2.75, 3.05) is 32.9 Å². The van der Waals surface area contributed by atoms with Crippen LogP contribution in [0, 0.1) is 0 Å². The second-order valence-corrected chi connectivity index (χ2v) is 4.62. The first kappa shape index (κ1) is 18.8. The van der Waals surface area contributed by atoms with E-state index in [0.717, 1.165) is 12.1 Å². The van der Waals surface area contributed by atoms with Crippen molar-refractivity contribution in [3.8, 4) is 5.75 Å².